The normalized spacial score (nSPS) is 40.0. The maximum absolute atomic E-state index is 9.81. The molecule has 1 heterocycles. The lowest BCUT2D eigenvalue weighted by molar-refractivity contribution is -0.320. The number of hydrogen-bond acceptors (Lipinski definition) is 3. The fourth-order valence-corrected chi connectivity index (χ4v) is 6.57. The molecule has 1 unspecified atom stereocenters. The Hall–Kier alpha value is -1.06. The fraction of sp³-hybridized carbons (Fsp3) is 0.714. The van der Waals surface area contributed by atoms with Gasteiger partial charge in [-0.05, 0) is 79.5 Å². The van der Waals surface area contributed by atoms with Crippen LogP contribution in [-0.4, -0.2) is 24.1 Å². The molecule has 3 nitrogen and oxygen atoms in total. The summed E-state index contributed by atoms with van der Waals surface area (Å²) in [5.41, 5.74) is 3.04. The van der Waals surface area contributed by atoms with E-state index in [2.05, 4.69) is 13.0 Å². The Balaban J connectivity index is 1.49. The van der Waals surface area contributed by atoms with E-state index in [1.54, 1.807) is 0 Å². The van der Waals surface area contributed by atoms with Gasteiger partial charge in [-0.15, -0.1) is 0 Å². The molecular formula is C21H28O3. The van der Waals surface area contributed by atoms with E-state index in [1.807, 2.05) is 12.1 Å². The number of phenolic OH excluding ortho intramolecular Hbond substituents is 1. The molecule has 4 atom stereocenters. The van der Waals surface area contributed by atoms with Crippen molar-refractivity contribution in [3.8, 4) is 5.75 Å². The maximum atomic E-state index is 9.81. The predicted octanol–water partition coefficient (Wildman–Crippen LogP) is 4.38. The molecule has 1 aromatic carbocycles. The summed E-state index contributed by atoms with van der Waals surface area (Å²) in [5.74, 6) is 2.21. The highest BCUT2D eigenvalue weighted by Gasteiger charge is 2.64. The summed E-state index contributed by atoms with van der Waals surface area (Å²) < 4.78 is 12.6. The Morgan fingerprint density at radius 2 is 1.92 bits per heavy atom. The summed E-state index contributed by atoms with van der Waals surface area (Å²) in [6, 6.07) is 6.05. The van der Waals surface area contributed by atoms with E-state index in [-0.39, 0.29) is 11.2 Å². The summed E-state index contributed by atoms with van der Waals surface area (Å²) in [5, 5.41) is 9.81. The molecule has 3 aliphatic carbocycles. The number of fused-ring (bicyclic) bond motifs is 6. The first-order chi connectivity index (χ1) is 11.6. The van der Waals surface area contributed by atoms with Crippen molar-refractivity contribution in [2.75, 3.05) is 13.2 Å². The van der Waals surface area contributed by atoms with Crippen molar-refractivity contribution in [1.29, 1.82) is 0 Å². The fourth-order valence-electron chi connectivity index (χ4n) is 6.57. The van der Waals surface area contributed by atoms with Gasteiger partial charge in [0.05, 0.1) is 13.2 Å². The van der Waals surface area contributed by atoms with E-state index in [4.69, 9.17) is 9.47 Å². The predicted molar refractivity (Wildman–Crippen MR) is 92.0 cm³/mol. The van der Waals surface area contributed by atoms with Crippen LogP contribution in [0.25, 0.3) is 0 Å². The molecule has 2 saturated carbocycles. The monoisotopic (exact) mass is 328 g/mol. The third-order valence-electron chi connectivity index (χ3n) is 7.71. The molecule has 3 heteroatoms. The van der Waals surface area contributed by atoms with Crippen molar-refractivity contribution < 1.29 is 14.6 Å². The minimum Gasteiger partial charge on any atom is -0.508 e. The Morgan fingerprint density at radius 3 is 2.75 bits per heavy atom. The van der Waals surface area contributed by atoms with Gasteiger partial charge in [-0.2, -0.15) is 0 Å². The number of hydrogen-bond donors (Lipinski definition) is 1. The summed E-state index contributed by atoms with van der Waals surface area (Å²) in [7, 11) is 0. The zero-order chi connectivity index (χ0) is 16.4. The third kappa shape index (κ3) is 1.91. The Bertz CT molecular complexity index is 648. The van der Waals surface area contributed by atoms with Crippen molar-refractivity contribution in [3.63, 3.8) is 0 Å². The largest absolute Gasteiger partial charge is 0.508 e. The number of ether oxygens (including phenoxy) is 2. The zero-order valence-corrected chi connectivity index (χ0v) is 14.6. The molecule has 24 heavy (non-hydrogen) atoms. The van der Waals surface area contributed by atoms with Gasteiger partial charge in [-0.1, -0.05) is 13.0 Å². The van der Waals surface area contributed by atoms with Crippen LogP contribution < -0.4 is 0 Å². The second-order valence-corrected chi connectivity index (χ2v) is 8.60. The molecule has 3 fully saturated rings. The molecular weight excluding hydrogens is 300 g/mol. The van der Waals surface area contributed by atoms with Crippen LogP contribution >= 0.6 is 0 Å². The van der Waals surface area contributed by atoms with Gasteiger partial charge in [-0.25, -0.2) is 0 Å². The highest BCUT2D eigenvalue weighted by molar-refractivity contribution is 5.40. The molecule has 1 aromatic rings. The van der Waals surface area contributed by atoms with Crippen LogP contribution in [0.4, 0.5) is 0 Å². The number of phenols is 1. The van der Waals surface area contributed by atoms with Crippen LogP contribution in [0.5, 0.6) is 5.75 Å². The number of benzene rings is 1. The van der Waals surface area contributed by atoms with Gasteiger partial charge in [0, 0.05) is 11.8 Å². The molecule has 0 amide bonds. The van der Waals surface area contributed by atoms with Crippen LogP contribution in [-0.2, 0) is 15.9 Å². The quantitative estimate of drug-likeness (QED) is 0.768. The average Bonchev–Trinajstić information content (AvgIpc) is 2.87. The molecule has 0 aromatic heterocycles. The minimum atomic E-state index is -0.309. The highest BCUT2D eigenvalue weighted by atomic mass is 16.7. The van der Waals surface area contributed by atoms with Gasteiger partial charge in [0.1, 0.15) is 5.75 Å². The van der Waals surface area contributed by atoms with E-state index in [0.717, 1.165) is 38.4 Å². The third-order valence-corrected chi connectivity index (χ3v) is 7.71. The summed E-state index contributed by atoms with van der Waals surface area (Å²) in [4.78, 5) is 0. The first-order valence-corrected chi connectivity index (χ1v) is 9.73. The first-order valence-electron chi connectivity index (χ1n) is 9.73. The van der Waals surface area contributed by atoms with E-state index in [1.165, 1.54) is 36.8 Å². The Kier molecular flexibility index (Phi) is 3.31. The number of aryl methyl sites for hydroxylation is 1. The van der Waals surface area contributed by atoms with Crippen LogP contribution in [0.15, 0.2) is 18.2 Å². The van der Waals surface area contributed by atoms with Gasteiger partial charge >= 0.3 is 0 Å². The number of rotatable bonds is 0. The van der Waals surface area contributed by atoms with Crippen molar-refractivity contribution in [2.45, 2.75) is 63.6 Å². The molecule has 5 rings (SSSR count). The highest BCUT2D eigenvalue weighted by Crippen LogP contribution is 2.66. The number of aromatic hydroxyl groups is 1. The molecule has 0 bridgehead atoms. The van der Waals surface area contributed by atoms with Crippen LogP contribution in [0.3, 0.4) is 0 Å². The van der Waals surface area contributed by atoms with Crippen LogP contribution in [0.2, 0.25) is 0 Å². The lowest BCUT2D eigenvalue weighted by Gasteiger charge is -2.54. The maximum Gasteiger partial charge on any atom is 0.173 e. The standard InChI is InChI=1S/C21H28O3/c1-20-9-7-17-16-6-4-15(22)13-14(16)3-5-18(17)19(20)8-10-21(20)23-11-2-12-24-21/h4,6,13,17-19,22H,2-3,5,7-12H2,1H3/t17-,18?,19+,20+/m1/s1. The zero-order valence-electron chi connectivity index (χ0n) is 14.6. The van der Waals surface area contributed by atoms with Crippen LogP contribution in [0.1, 0.15) is 62.5 Å². The molecule has 1 N–H and O–H groups in total. The SMILES string of the molecule is C[C@]12CC[C@@H]3c4ccc(O)cc4CCC3[C@@H]1CCC21OCCCO1. The first kappa shape index (κ1) is 15.2. The smallest absolute Gasteiger partial charge is 0.173 e. The van der Waals surface area contributed by atoms with Gasteiger partial charge in [0.15, 0.2) is 5.79 Å². The molecule has 1 saturated heterocycles. The van der Waals surface area contributed by atoms with E-state index >= 15 is 0 Å². The molecule has 4 aliphatic rings. The molecule has 0 radical (unpaired) electrons. The average molecular weight is 328 g/mol. The van der Waals surface area contributed by atoms with Crippen LogP contribution in [0, 0.1) is 17.3 Å². The van der Waals surface area contributed by atoms with Gasteiger partial charge in [0.25, 0.3) is 0 Å². The summed E-state index contributed by atoms with van der Waals surface area (Å²) in [6.45, 7) is 4.16. The summed E-state index contributed by atoms with van der Waals surface area (Å²) >= 11 is 0. The van der Waals surface area contributed by atoms with Gasteiger partial charge < -0.3 is 14.6 Å². The van der Waals surface area contributed by atoms with Crippen molar-refractivity contribution >= 4 is 0 Å². The van der Waals surface area contributed by atoms with E-state index in [0.29, 0.717) is 17.6 Å². The summed E-state index contributed by atoms with van der Waals surface area (Å²) in [6.07, 6.45) is 8.11. The molecule has 1 spiro atoms. The second kappa shape index (κ2) is 5.22. The molecule has 130 valence electrons. The topological polar surface area (TPSA) is 38.7 Å². The van der Waals surface area contributed by atoms with Gasteiger partial charge in [0.2, 0.25) is 0 Å². The second-order valence-electron chi connectivity index (χ2n) is 8.60. The van der Waals surface area contributed by atoms with Gasteiger partial charge in [-0.3, -0.25) is 0 Å². The Labute approximate surface area is 144 Å². The lowest BCUT2D eigenvalue weighted by atomic mass is 9.54. The lowest BCUT2D eigenvalue weighted by Crippen LogP contribution is -2.55. The van der Waals surface area contributed by atoms with E-state index < -0.39 is 0 Å². The minimum absolute atomic E-state index is 0.170. The Morgan fingerprint density at radius 1 is 1.08 bits per heavy atom. The van der Waals surface area contributed by atoms with Crippen molar-refractivity contribution in [1.82, 2.24) is 0 Å². The molecule has 1 aliphatic heterocycles. The van der Waals surface area contributed by atoms with E-state index in [9.17, 15) is 5.11 Å². The van der Waals surface area contributed by atoms with Crippen molar-refractivity contribution in [2.24, 2.45) is 17.3 Å². The van der Waals surface area contributed by atoms with Crippen molar-refractivity contribution in [3.05, 3.63) is 29.3 Å².